The summed E-state index contributed by atoms with van der Waals surface area (Å²) in [6.45, 7) is 3.10. The Kier molecular flexibility index (Phi) is 17.9. The molecule has 1 N–H and O–H groups in total. The van der Waals surface area contributed by atoms with Gasteiger partial charge in [-0.1, -0.05) is 84.0 Å². The molecule has 0 amide bonds. The van der Waals surface area contributed by atoms with Crippen LogP contribution in [0.3, 0.4) is 0 Å². The predicted octanol–water partition coefficient (Wildman–Crippen LogP) is 4.93. The lowest BCUT2D eigenvalue weighted by Crippen LogP contribution is -2.27. The van der Waals surface area contributed by atoms with E-state index in [1.165, 1.54) is 71.1 Å². The van der Waals surface area contributed by atoms with Gasteiger partial charge in [0.15, 0.2) is 6.10 Å². The molecule has 0 aliphatic rings. The molecule has 0 fully saturated rings. The minimum absolute atomic E-state index is 0.0760. The van der Waals surface area contributed by atoms with Gasteiger partial charge in [-0.05, 0) is 6.42 Å². The third-order valence-corrected chi connectivity index (χ3v) is 4.45. The van der Waals surface area contributed by atoms with Crippen molar-refractivity contribution in [1.29, 1.82) is 0 Å². The van der Waals surface area contributed by atoms with Crippen molar-refractivity contribution in [2.24, 2.45) is 0 Å². The zero-order valence-electron chi connectivity index (χ0n) is 17.0. The molecule has 26 heavy (non-hydrogen) atoms. The Morgan fingerprint density at radius 3 is 1.69 bits per heavy atom. The highest BCUT2D eigenvalue weighted by molar-refractivity contribution is 5.69. The first kappa shape index (κ1) is 24.9. The molecule has 0 heterocycles. The fourth-order valence-electron chi connectivity index (χ4n) is 2.90. The molecule has 0 saturated heterocycles. The van der Waals surface area contributed by atoms with Crippen molar-refractivity contribution in [1.82, 2.24) is 0 Å². The smallest absolute Gasteiger partial charge is 0.305 e. The second-order valence-corrected chi connectivity index (χ2v) is 7.09. The van der Waals surface area contributed by atoms with Gasteiger partial charge in [-0.2, -0.15) is 0 Å². The Bertz CT molecular complexity index is 343. The second kappa shape index (κ2) is 18.7. The van der Waals surface area contributed by atoms with Crippen LogP contribution in [-0.4, -0.2) is 36.4 Å². The van der Waals surface area contributed by atoms with Gasteiger partial charge in [-0.3, -0.25) is 9.59 Å². The maximum atomic E-state index is 11.6. The van der Waals surface area contributed by atoms with Crippen LogP contribution in [0.15, 0.2) is 0 Å². The van der Waals surface area contributed by atoms with E-state index in [4.69, 9.17) is 14.6 Å². The Balaban J connectivity index is 3.33. The molecule has 1 atom stereocenters. The maximum Gasteiger partial charge on any atom is 0.305 e. The summed E-state index contributed by atoms with van der Waals surface area (Å²) in [5, 5.41) is 9.02. The molecular formula is C21H40O5. The summed E-state index contributed by atoms with van der Waals surface area (Å²) < 4.78 is 9.83. The Morgan fingerprint density at radius 2 is 1.27 bits per heavy atom. The van der Waals surface area contributed by atoms with Crippen molar-refractivity contribution in [3.63, 3.8) is 0 Å². The number of aliphatic hydroxyl groups excluding tert-OH is 1. The third kappa shape index (κ3) is 17.7. The van der Waals surface area contributed by atoms with Crippen LogP contribution in [-0.2, 0) is 19.1 Å². The van der Waals surface area contributed by atoms with E-state index in [9.17, 15) is 9.59 Å². The van der Waals surface area contributed by atoms with Gasteiger partial charge in [0.1, 0.15) is 6.61 Å². The van der Waals surface area contributed by atoms with Crippen LogP contribution in [0, 0.1) is 0 Å². The number of carbonyl (C=O) groups excluding carboxylic acids is 2. The fraction of sp³-hybridized carbons (Fsp3) is 0.905. The van der Waals surface area contributed by atoms with Crippen LogP contribution in [0.25, 0.3) is 0 Å². The monoisotopic (exact) mass is 372 g/mol. The topological polar surface area (TPSA) is 72.8 Å². The van der Waals surface area contributed by atoms with Crippen LogP contribution >= 0.6 is 0 Å². The van der Waals surface area contributed by atoms with Gasteiger partial charge in [0.2, 0.25) is 0 Å². The average Bonchev–Trinajstić information content (AvgIpc) is 2.62. The number of unbranched alkanes of at least 4 members (excludes halogenated alkanes) is 12. The standard InChI is InChI=1S/C21H40O5/c1-3-4-5-6-7-8-9-10-11-12-13-14-15-16-21(24)25-18-20(17-22)26-19(2)23/h20,22H,3-18H2,1-2H3/t20-/m0/s1. The molecule has 0 unspecified atom stereocenters. The molecule has 0 aromatic heterocycles. The van der Waals surface area contributed by atoms with Crippen molar-refractivity contribution in [2.75, 3.05) is 13.2 Å². The molecule has 0 radical (unpaired) electrons. The lowest BCUT2D eigenvalue weighted by molar-refractivity contribution is -0.159. The van der Waals surface area contributed by atoms with Crippen LogP contribution in [0.2, 0.25) is 0 Å². The molecule has 5 nitrogen and oxygen atoms in total. The first-order valence-electron chi connectivity index (χ1n) is 10.5. The Morgan fingerprint density at radius 1 is 0.808 bits per heavy atom. The highest BCUT2D eigenvalue weighted by Crippen LogP contribution is 2.13. The van der Waals surface area contributed by atoms with Crippen LogP contribution in [0.1, 0.15) is 104 Å². The first-order chi connectivity index (χ1) is 12.6. The molecule has 154 valence electrons. The molecule has 0 rings (SSSR count). The number of hydrogen-bond acceptors (Lipinski definition) is 5. The van der Waals surface area contributed by atoms with Crippen LogP contribution < -0.4 is 0 Å². The van der Waals surface area contributed by atoms with Gasteiger partial charge in [0, 0.05) is 13.3 Å². The van der Waals surface area contributed by atoms with Crippen molar-refractivity contribution in [3.8, 4) is 0 Å². The number of carbonyl (C=O) groups is 2. The second-order valence-electron chi connectivity index (χ2n) is 7.09. The molecule has 0 bridgehead atoms. The summed E-state index contributed by atoms with van der Waals surface area (Å²) in [4.78, 5) is 22.4. The summed E-state index contributed by atoms with van der Waals surface area (Å²) in [6.07, 6.45) is 16.1. The fourth-order valence-corrected chi connectivity index (χ4v) is 2.90. The van der Waals surface area contributed by atoms with E-state index in [1.54, 1.807) is 0 Å². The van der Waals surface area contributed by atoms with Gasteiger partial charge >= 0.3 is 11.9 Å². The van der Waals surface area contributed by atoms with Crippen molar-refractivity contribution < 1.29 is 24.2 Å². The van der Waals surface area contributed by atoms with Gasteiger partial charge in [-0.25, -0.2) is 0 Å². The van der Waals surface area contributed by atoms with E-state index in [2.05, 4.69) is 6.92 Å². The molecule has 5 heteroatoms. The van der Waals surface area contributed by atoms with Gasteiger partial charge in [0.05, 0.1) is 6.61 Å². The first-order valence-corrected chi connectivity index (χ1v) is 10.5. The van der Waals surface area contributed by atoms with Crippen molar-refractivity contribution in [3.05, 3.63) is 0 Å². The van der Waals surface area contributed by atoms with Crippen LogP contribution in [0.4, 0.5) is 0 Å². The normalized spacial score (nSPS) is 12.0. The minimum atomic E-state index is -0.761. The number of rotatable bonds is 18. The number of aliphatic hydroxyl groups is 1. The summed E-state index contributed by atoms with van der Waals surface area (Å²) in [6, 6.07) is 0. The van der Waals surface area contributed by atoms with Crippen LogP contribution in [0.5, 0.6) is 0 Å². The quantitative estimate of drug-likeness (QED) is 0.273. The Labute approximate surface area is 159 Å². The number of hydrogen-bond donors (Lipinski definition) is 1. The highest BCUT2D eigenvalue weighted by Gasteiger charge is 2.13. The molecule has 0 aliphatic heterocycles. The van der Waals surface area contributed by atoms with E-state index in [1.807, 2.05) is 0 Å². The SMILES string of the molecule is CCCCCCCCCCCCCCCC(=O)OC[C@H](CO)OC(C)=O. The third-order valence-electron chi connectivity index (χ3n) is 4.45. The lowest BCUT2D eigenvalue weighted by Gasteiger charge is -2.14. The summed E-state index contributed by atoms with van der Waals surface area (Å²) >= 11 is 0. The maximum absolute atomic E-state index is 11.6. The van der Waals surface area contributed by atoms with Gasteiger partial charge in [0.25, 0.3) is 0 Å². The molecule has 0 spiro atoms. The average molecular weight is 373 g/mol. The van der Waals surface area contributed by atoms with E-state index in [-0.39, 0.29) is 19.2 Å². The van der Waals surface area contributed by atoms with Gasteiger partial charge in [-0.15, -0.1) is 0 Å². The molecular weight excluding hydrogens is 332 g/mol. The van der Waals surface area contributed by atoms with E-state index in [0.29, 0.717) is 6.42 Å². The zero-order chi connectivity index (χ0) is 19.5. The molecule has 0 aromatic carbocycles. The minimum Gasteiger partial charge on any atom is -0.462 e. The van der Waals surface area contributed by atoms with E-state index < -0.39 is 12.1 Å². The predicted molar refractivity (Wildman–Crippen MR) is 104 cm³/mol. The largest absolute Gasteiger partial charge is 0.462 e. The zero-order valence-corrected chi connectivity index (χ0v) is 17.0. The molecule has 0 aliphatic carbocycles. The number of esters is 2. The van der Waals surface area contributed by atoms with Crippen molar-refractivity contribution in [2.45, 2.75) is 110 Å². The van der Waals surface area contributed by atoms with Gasteiger partial charge < -0.3 is 14.6 Å². The summed E-state index contributed by atoms with van der Waals surface area (Å²) in [5.41, 5.74) is 0. The van der Waals surface area contributed by atoms with E-state index in [0.717, 1.165) is 19.3 Å². The number of ether oxygens (including phenoxy) is 2. The van der Waals surface area contributed by atoms with E-state index >= 15 is 0 Å². The lowest BCUT2D eigenvalue weighted by atomic mass is 10.0. The summed E-state index contributed by atoms with van der Waals surface area (Å²) in [7, 11) is 0. The van der Waals surface area contributed by atoms with Crippen molar-refractivity contribution >= 4 is 11.9 Å². The summed E-state index contributed by atoms with van der Waals surface area (Å²) in [5.74, 6) is -0.782. The highest BCUT2D eigenvalue weighted by atomic mass is 16.6. The Hall–Kier alpha value is -1.10. The molecule has 0 aromatic rings. The molecule has 0 saturated carbocycles.